The van der Waals surface area contributed by atoms with Crippen LogP contribution in [0.15, 0.2) is 0 Å². The molecule has 0 bridgehead atoms. The van der Waals surface area contributed by atoms with Gasteiger partial charge < -0.3 is 19.9 Å². The van der Waals surface area contributed by atoms with Gasteiger partial charge in [-0.1, -0.05) is 159 Å². The first-order valence-corrected chi connectivity index (χ1v) is 15.0. The Morgan fingerprint density at radius 2 is 0.667 bits per heavy atom. The predicted molar refractivity (Wildman–Crippen MR) is 172 cm³/mol. The fourth-order valence-electron chi connectivity index (χ4n) is 3.91. The molecule has 4 nitrogen and oxygen atoms in total. The van der Waals surface area contributed by atoms with Crippen LogP contribution >= 0.6 is 0 Å². The molecule has 0 atom stereocenters. The van der Waals surface area contributed by atoms with Crippen LogP contribution in [0.4, 0.5) is 0 Å². The summed E-state index contributed by atoms with van der Waals surface area (Å²) in [5, 5.41) is 0. The average Bonchev–Trinajstić information content (AvgIpc) is 3.46. The van der Waals surface area contributed by atoms with Gasteiger partial charge in [0.1, 0.15) is 0 Å². The first-order chi connectivity index (χ1) is 16.9. The van der Waals surface area contributed by atoms with Crippen LogP contribution in [0.3, 0.4) is 0 Å². The maximum atomic E-state index is 4.93. The molecule has 39 heavy (non-hydrogen) atoms. The van der Waals surface area contributed by atoms with Crippen LogP contribution in [0.25, 0.3) is 0 Å². The summed E-state index contributed by atoms with van der Waals surface area (Å²) in [6, 6.07) is 0. The van der Waals surface area contributed by atoms with Crippen molar-refractivity contribution in [1.29, 1.82) is 0 Å². The number of hydrogen-bond acceptors (Lipinski definition) is 2. The van der Waals surface area contributed by atoms with Crippen LogP contribution in [-0.4, -0.2) is 55.4 Å². The molecule has 2 aromatic rings. The minimum atomic E-state index is 0. The summed E-state index contributed by atoms with van der Waals surface area (Å²) in [6.45, 7) is 40.3. The Morgan fingerprint density at radius 1 is 0.436 bits per heavy atom. The molecule has 0 N–H and O–H groups in total. The maximum absolute atomic E-state index is 4.93. The van der Waals surface area contributed by atoms with Crippen LogP contribution < -0.4 is 9.97 Å². The molecule has 0 unspecified atom stereocenters. The van der Waals surface area contributed by atoms with E-state index in [2.05, 4.69) is 125 Å². The Kier molecular flexibility index (Phi) is 13.4. The number of aromatic nitrogens is 4. The Bertz CT molecular complexity index is 885. The van der Waals surface area contributed by atoms with Crippen LogP contribution in [-0.2, 0) is 32.5 Å². The van der Waals surface area contributed by atoms with Gasteiger partial charge in [-0.2, -0.15) is 0 Å². The first-order valence-electron chi connectivity index (χ1n) is 15.0. The predicted octanol–water partition coefficient (Wildman–Crippen LogP) is 9.04. The Labute approximate surface area is 280 Å². The molecule has 220 valence electrons. The largest absolute Gasteiger partial charge is 2.00 e. The summed E-state index contributed by atoms with van der Waals surface area (Å²) >= 11 is 0. The monoisotopic (exact) mass is 614 g/mol. The standard InChI is InChI=1S/2C17H31N2.Sr/c2*1-10-16(6,7)12-13(17(8,9)11-2)19-14(18-12)15(3,4)5;/h2*10-11H2,1-9H3;/q2*-1;+2. The molecule has 0 aliphatic heterocycles. The van der Waals surface area contributed by atoms with Gasteiger partial charge in [0.25, 0.3) is 0 Å². The van der Waals surface area contributed by atoms with E-state index in [9.17, 15) is 0 Å². The minimum absolute atomic E-state index is 0. The Morgan fingerprint density at radius 3 is 0.846 bits per heavy atom. The van der Waals surface area contributed by atoms with Crippen LogP contribution in [0.1, 0.15) is 185 Å². The number of rotatable bonds is 8. The quantitative estimate of drug-likeness (QED) is 0.279. The van der Waals surface area contributed by atoms with E-state index < -0.39 is 0 Å². The molecule has 0 saturated heterocycles. The maximum Gasteiger partial charge on any atom is 2.00 e. The second kappa shape index (κ2) is 13.5. The van der Waals surface area contributed by atoms with Crippen molar-refractivity contribution in [2.45, 2.75) is 183 Å². The molecule has 2 heterocycles. The van der Waals surface area contributed by atoms with Crippen molar-refractivity contribution in [3.05, 3.63) is 34.4 Å². The van der Waals surface area contributed by atoms with Crippen molar-refractivity contribution in [1.82, 2.24) is 19.9 Å². The Balaban J connectivity index is 0.000000722. The fourth-order valence-corrected chi connectivity index (χ4v) is 3.91. The second-order valence-electron chi connectivity index (χ2n) is 15.9. The number of imidazole rings is 2. The van der Waals surface area contributed by atoms with Crippen molar-refractivity contribution in [3.8, 4) is 0 Å². The van der Waals surface area contributed by atoms with Gasteiger partial charge in [-0.3, -0.25) is 0 Å². The average molecular weight is 615 g/mol. The third kappa shape index (κ3) is 9.45. The summed E-state index contributed by atoms with van der Waals surface area (Å²) in [6.07, 6.45) is 4.34. The van der Waals surface area contributed by atoms with E-state index in [4.69, 9.17) is 19.9 Å². The van der Waals surface area contributed by atoms with Crippen molar-refractivity contribution in [3.63, 3.8) is 0 Å². The summed E-state index contributed by atoms with van der Waals surface area (Å²) in [5.74, 6) is 1.97. The fraction of sp³-hybridized carbons (Fsp3) is 0.824. The van der Waals surface area contributed by atoms with Crippen molar-refractivity contribution in [2.24, 2.45) is 0 Å². The zero-order chi connectivity index (χ0) is 30.1. The van der Waals surface area contributed by atoms with E-state index >= 15 is 0 Å². The molecular weight excluding hydrogens is 552 g/mol. The zero-order valence-corrected chi connectivity index (χ0v) is 32.8. The summed E-state index contributed by atoms with van der Waals surface area (Å²) in [5.41, 5.74) is 5.21. The first kappa shape index (κ1) is 38.9. The van der Waals surface area contributed by atoms with E-state index in [-0.39, 0.29) is 78.0 Å². The molecule has 0 aliphatic rings. The van der Waals surface area contributed by atoms with Gasteiger partial charge in [-0.25, -0.2) is 0 Å². The van der Waals surface area contributed by atoms with Crippen molar-refractivity contribution in [2.75, 3.05) is 0 Å². The van der Waals surface area contributed by atoms with Gasteiger partial charge in [-0.05, 0) is 58.2 Å². The number of hydrogen-bond donors (Lipinski definition) is 0. The smallest absolute Gasteiger partial charge is 0.442 e. The summed E-state index contributed by atoms with van der Waals surface area (Å²) < 4.78 is 0. The molecule has 2 aromatic heterocycles. The molecule has 5 heteroatoms. The van der Waals surface area contributed by atoms with E-state index in [1.165, 1.54) is 22.8 Å². The molecule has 0 radical (unpaired) electrons. The SMILES string of the molecule is CCC(C)(C)c1nc(C(C)(C)C)[n-]c1C(C)(C)CC.CCC(C)(C)c1nc(C(C)(C)C)[n-]c1C(C)(C)CC.[Sr+2]. The van der Waals surface area contributed by atoms with Crippen LogP contribution in [0, 0.1) is 0 Å². The van der Waals surface area contributed by atoms with Gasteiger partial charge in [0.15, 0.2) is 0 Å². The van der Waals surface area contributed by atoms with Crippen molar-refractivity contribution < 1.29 is 0 Å². The molecule has 0 aliphatic carbocycles. The molecule has 0 fully saturated rings. The van der Waals surface area contributed by atoms with Gasteiger partial charge in [0.2, 0.25) is 0 Å². The summed E-state index contributed by atoms with van der Waals surface area (Å²) in [4.78, 5) is 19.7. The van der Waals surface area contributed by atoms with E-state index in [1.807, 2.05) is 0 Å². The van der Waals surface area contributed by atoms with Crippen molar-refractivity contribution >= 4 is 45.5 Å². The van der Waals surface area contributed by atoms with E-state index in [0.717, 1.165) is 37.3 Å². The third-order valence-electron chi connectivity index (χ3n) is 8.76. The van der Waals surface area contributed by atoms with Gasteiger partial charge >= 0.3 is 45.5 Å². The Hall–Kier alpha value is -0.0995. The molecule has 2 rings (SSSR count). The zero-order valence-electron chi connectivity index (χ0n) is 29.3. The van der Waals surface area contributed by atoms with E-state index in [0.29, 0.717) is 0 Å². The van der Waals surface area contributed by atoms with Gasteiger partial charge in [-0.15, -0.1) is 0 Å². The van der Waals surface area contributed by atoms with Gasteiger partial charge in [0, 0.05) is 0 Å². The van der Waals surface area contributed by atoms with Crippen LogP contribution in [0.2, 0.25) is 0 Å². The molecule has 0 aromatic carbocycles. The minimum Gasteiger partial charge on any atom is -0.442 e. The topological polar surface area (TPSA) is 54.0 Å². The molecular formula is C34H62N4Sr. The van der Waals surface area contributed by atoms with Gasteiger partial charge in [0.05, 0.1) is 0 Å². The van der Waals surface area contributed by atoms with Crippen LogP contribution in [0.5, 0.6) is 0 Å². The van der Waals surface area contributed by atoms with E-state index in [1.54, 1.807) is 0 Å². The molecule has 0 amide bonds. The number of nitrogens with zero attached hydrogens (tertiary/aromatic N) is 4. The summed E-state index contributed by atoms with van der Waals surface area (Å²) in [7, 11) is 0. The normalized spacial score (nSPS) is 13.6. The third-order valence-corrected chi connectivity index (χ3v) is 8.76. The second-order valence-corrected chi connectivity index (χ2v) is 15.9. The molecule has 0 spiro atoms. The molecule has 0 saturated carbocycles.